The van der Waals surface area contributed by atoms with Gasteiger partial charge < -0.3 is 15.1 Å². The van der Waals surface area contributed by atoms with Crippen LogP contribution >= 0.6 is 0 Å². The summed E-state index contributed by atoms with van der Waals surface area (Å²) in [5, 5.41) is 6.29. The Balaban J connectivity index is 2.09. The molecule has 2 atom stereocenters. The lowest BCUT2D eigenvalue weighted by Gasteiger charge is -2.19. The van der Waals surface area contributed by atoms with Gasteiger partial charge in [0.15, 0.2) is 0 Å². The average Bonchev–Trinajstić information content (AvgIpc) is 3.00. The Labute approximate surface area is 125 Å². The molecule has 0 saturated carbocycles. The van der Waals surface area contributed by atoms with Crippen molar-refractivity contribution in [3.05, 3.63) is 60.1 Å². The van der Waals surface area contributed by atoms with E-state index in [1.807, 2.05) is 56.3 Å². The fourth-order valence-corrected chi connectivity index (χ4v) is 2.34. The number of rotatable bonds is 7. The minimum Gasteiger partial charge on any atom is -0.467 e. The van der Waals surface area contributed by atoms with E-state index in [-0.39, 0.29) is 18.0 Å². The van der Waals surface area contributed by atoms with Crippen LogP contribution in [0.4, 0.5) is 0 Å². The van der Waals surface area contributed by atoms with Gasteiger partial charge in [0.1, 0.15) is 11.8 Å². The SMILES string of the molecule is CCNC(C)CC(=O)NC(c1ccccc1)c1ccco1. The van der Waals surface area contributed by atoms with Crippen LogP contribution in [0.3, 0.4) is 0 Å². The Kier molecular flexibility index (Phi) is 5.58. The summed E-state index contributed by atoms with van der Waals surface area (Å²) in [5.74, 6) is 0.749. The van der Waals surface area contributed by atoms with E-state index in [0.29, 0.717) is 6.42 Å². The van der Waals surface area contributed by atoms with Crippen LogP contribution in [0.15, 0.2) is 53.1 Å². The summed E-state index contributed by atoms with van der Waals surface area (Å²) < 4.78 is 5.47. The van der Waals surface area contributed by atoms with Crippen molar-refractivity contribution in [2.24, 2.45) is 0 Å². The highest BCUT2D eigenvalue weighted by Crippen LogP contribution is 2.22. The maximum atomic E-state index is 12.2. The standard InChI is InChI=1S/C17H22N2O2/c1-3-18-13(2)12-16(20)19-17(15-10-7-11-21-15)14-8-5-4-6-9-14/h4-11,13,17-18H,3,12H2,1-2H3,(H,19,20). The highest BCUT2D eigenvalue weighted by molar-refractivity contribution is 5.77. The Morgan fingerprint density at radius 3 is 2.57 bits per heavy atom. The van der Waals surface area contributed by atoms with Gasteiger partial charge in [-0.05, 0) is 31.2 Å². The zero-order chi connectivity index (χ0) is 15.1. The van der Waals surface area contributed by atoms with E-state index in [9.17, 15) is 4.79 Å². The molecule has 2 N–H and O–H groups in total. The molecule has 0 radical (unpaired) electrons. The van der Waals surface area contributed by atoms with Crippen LogP contribution in [0.1, 0.15) is 37.6 Å². The molecule has 1 aromatic carbocycles. The molecule has 4 nitrogen and oxygen atoms in total. The minimum absolute atomic E-state index is 0.00806. The fraction of sp³-hybridized carbons (Fsp3) is 0.353. The number of benzene rings is 1. The molecule has 2 rings (SSSR count). The zero-order valence-electron chi connectivity index (χ0n) is 12.5. The molecule has 0 fully saturated rings. The van der Waals surface area contributed by atoms with Crippen LogP contribution in [-0.4, -0.2) is 18.5 Å². The second-order valence-corrected chi connectivity index (χ2v) is 5.09. The van der Waals surface area contributed by atoms with Crippen molar-refractivity contribution in [1.82, 2.24) is 10.6 Å². The molecule has 0 aliphatic carbocycles. The maximum Gasteiger partial charge on any atom is 0.222 e. The summed E-state index contributed by atoms with van der Waals surface area (Å²) >= 11 is 0. The van der Waals surface area contributed by atoms with Gasteiger partial charge >= 0.3 is 0 Å². The number of amides is 1. The van der Waals surface area contributed by atoms with Crippen LogP contribution in [-0.2, 0) is 4.79 Å². The molecule has 0 saturated heterocycles. The zero-order valence-corrected chi connectivity index (χ0v) is 12.5. The second-order valence-electron chi connectivity index (χ2n) is 5.09. The molecule has 21 heavy (non-hydrogen) atoms. The first-order valence-corrected chi connectivity index (χ1v) is 7.31. The quantitative estimate of drug-likeness (QED) is 0.823. The van der Waals surface area contributed by atoms with Gasteiger partial charge in [0, 0.05) is 12.5 Å². The lowest BCUT2D eigenvalue weighted by molar-refractivity contribution is -0.122. The topological polar surface area (TPSA) is 54.3 Å². The number of hydrogen-bond acceptors (Lipinski definition) is 3. The van der Waals surface area contributed by atoms with Crippen LogP contribution in [0.25, 0.3) is 0 Å². The number of carbonyl (C=O) groups excluding carboxylic acids is 1. The summed E-state index contributed by atoms with van der Waals surface area (Å²) in [5.41, 5.74) is 1.01. The van der Waals surface area contributed by atoms with Crippen LogP contribution in [0, 0.1) is 0 Å². The predicted octanol–water partition coefficient (Wildman–Crippen LogP) is 2.87. The van der Waals surface area contributed by atoms with E-state index in [4.69, 9.17) is 4.42 Å². The Hall–Kier alpha value is -2.07. The molecule has 0 bridgehead atoms. The minimum atomic E-state index is -0.248. The van der Waals surface area contributed by atoms with Gasteiger partial charge in [-0.2, -0.15) is 0 Å². The number of carbonyl (C=O) groups is 1. The Bertz CT molecular complexity index is 537. The summed E-state index contributed by atoms with van der Waals surface area (Å²) in [6.45, 7) is 4.90. The maximum absolute atomic E-state index is 12.2. The Morgan fingerprint density at radius 1 is 1.19 bits per heavy atom. The van der Waals surface area contributed by atoms with Gasteiger partial charge in [0.2, 0.25) is 5.91 Å². The van der Waals surface area contributed by atoms with E-state index in [1.165, 1.54) is 0 Å². The molecule has 1 amide bonds. The van der Waals surface area contributed by atoms with Gasteiger partial charge in [-0.1, -0.05) is 37.3 Å². The third-order valence-corrected chi connectivity index (χ3v) is 3.31. The summed E-state index contributed by atoms with van der Waals surface area (Å²) in [6, 6.07) is 13.5. The molecule has 2 unspecified atom stereocenters. The van der Waals surface area contributed by atoms with Crippen molar-refractivity contribution in [3.8, 4) is 0 Å². The molecular formula is C17H22N2O2. The first-order chi connectivity index (χ1) is 10.2. The normalized spacial score (nSPS) is 13.6. The van der Waals surface area contributed by atoms with Crippen molar-refractivity contribution in [3.63, 3.8) is 0 Å². The van der Waals surface area contributed by atoms with Gasteiger partial charge in [-0.15, -0.1) is 0 Å². The highest BCUT2D eigenvalue weighted by Gasteiger charge is 2.20. The fourth-order valence-electron chi connectivity index (χ4n) is 2.34. The Morgan fingerprint density at radius 2 is 1.95 bits per heavy atom. The predicted molar refractivity (Wildman–Crippen MR) is 82.9 cm³/mol. The molecule has 112 valence electrons. The number of hydrogen-bond donors (Lipinski definition) is 2. The van der Waals surface area contributed by atoms with E-state index >= 15 is 0 Å². The molecule has 0 aliphatic heterocycles. The monoisotopic (exact) mass is 286 g/mol. The van der Waals surface area contributed by atoms with E-state index < -0.39 is 0 Å². The first-order valence-electron chi connectivity index (χ1n) is 7.31. The summed E-state index contributed by atoms with van der Waals surface area (Å²) in [4.78, 5) is 12.2. The number of furan rings is 1. The second kappa shape index (κ2) is 7.64. The van der Waals surface area contributed by atoms with Crippen molar-refractivity contribution < 1.29 is 9.21 Å². The van der Waals surface area contributed by atoms with E-state index in [2.05, 4.69) is 10.6 Å². The first kappa shape index (κ1) is 15.3. The van der Waals surface area contributed by atoms with Gasteiger partial charge in [0.05, 0.1) is 6.26 Å². The molecule has 0 spiro atoms. The largest absolute Gasteiger partial charge is 0.467 e. The third-order valence-electron chi connectivity index (χ3n) is 3.31. The lowest BCUT2D eigenvalue weighted by atomic mass is 10.0. The van der Waals surface area contributed by atoms with Crippen molar-refractivity contribution in [1.29, 1.82) is 0 Å². The lowest BCUT2D eigenvalue weighted by Crippen LogP contribution is -2.35. The molecule has 1 aromatic heterocycles. The highest BCUT2D eigenvalue weighted by atomic mass is 16.3. The van der Waals surface area contributed by atoms with E-state index in [1.54, 1.807) is 6.26 Å². The molecule has 2 aromatic rings. The third kappa shape index (κ3) is 4.46. The molecular weight excluding hydrogens is 264 g/mol. The van der Waals surface area contributed by atoms with Crippen molar-refractivity contribution in [2.75, 3.05) is 6.54 Å². The van der Waals surface area contributed by atoms with Gasteiger partial charge in [0.25, 0.3) is 0 Å². The van der Waals surface area contributed by atoms with Crippen LogP contribution in [0.5, 0.6) is 0 Å². The van der Waals surface area contributed by atoms with Crippen molar-refractivity contribution in [2.45, 2.75) is 32.4 Å². The van der Waals surface area contributed by atoms with Crippen LogP contribution < -0.4 is 10.6 Å². The summed E-state index contributed by atoms with van der Waals surface area (Å²) in [6.07, 6.45) is 2.07. The molecule has 1 heterocycles. The average molecular weight is 286 g/mol. The number of nitrogens with one attached hydrogen (secondary N) is 2. The van der Waals surface area contributed by atoms with E-state index in [0.717, 1.165) is 17.9 Å². The van der Waals surface area contributed by atoms with Crippen molar-refractivity contribution >= 4 is 5.91 Å². The molecule has 4 heteroatoms. The van der Waals surface area contributed by atoms with Gasteiger partial charge in [-0.25, -0.2) is 0 Å². The van der Waals surface area contributed by atoms with Gasteiger partial charge in [-0.3, -0.25) is 4.79 Å². The molecule has 0 aliphatic rings. The smallest absolute Gasteiger partial charge is 0.222 e. The van der Waals surface area contributed by atoms with Crippen LogP contribution in [0.2, 0.25) is 0 Å². The summed E-state index contributed by atoms with van der Waals surface area (Å²) in [7, 11) is 0.